The number of amides is 2. The van der Waals surface area contributed by atoms with Crippen LogP contribution in [0.15, 0.2) is 60.7 Å². The van der Waals surface area contributed by atoms with Gasteiger partial charge in [0.1, 0.15) is 0 Å². The van der Waals surface area contributed by atoms with Gasteiger partial charge in [-0.05, 0) is 53.3 Å². The Morgan fingerprint density at radius 3 is 2.40 bits per heavy atom. The number of carbonyl (C=O) groups excluding carboxylic acids is 2. The average Bonchev–Trinajstić information content (AvgIpc) is 3.29. The molecule has 5 nitrogen and oxygen atoms in total. The zero-order chi connectivity index (χ0) is 24.3. The minimum Gasteiger partial charge on any atom is -0.359 e. The molecule has 1 saturated heterocycles. The lowest BCUT2D eigenvalue weighted by Crippen LogP contribution is -2.50. The summed E-state index contributed by atoms with van der Waals surface area (Å²) in [5.74, 6) is 0.418. The molecule has 3 aromatic carbocycles. The molecule has 35 heavy (non-hydrogen) atoms. The molecule has 2 aliphatic heterocycles. The second-order valence-corrected chi connectivity index (χ2v) is 10.7. The number of fused-ring (bicyclic) bond motifs is 1. The molecule has 2 unspecified atom stereocenters. The van der Waals surface area contributed by atoms with Gasteiger partial charge in [-0.3, -0.25) is 14.5 Å². The van der Waals surface area contributed by atoms with Crippen LogP contribution in [0.25, 0.3) is 10.8 Å². The molecule has 2 amide bonds. The Labute approximate surface area is 207 Å². The highest BCUT2D eigenvalue weighted by atomic mass is 16.2. The summed E-state index contributed by atoms with van der Waals surface area (Å²) in [5.41, 5.74) is 4.05. The van der Waals surface area contributed by atoms with Crippen LogP contribution < -0.4 is 10.2 Å². The molecule has 5 heteroatoms. The van der Waals surface area contributed by atoms with E-state index in [1.807, 2.05) is 36.1 Å². The third-order valence-corrected chi connectivity index (χ3v) is 8.75. The van der Waals surface area contributed by atoms with E-state index in [1.54, 1.807) is 7.05 Å². The molecule has 0 radical (unpaired) electrons. The van der Waals surface area contributed by atoms with E-state index < -0.39 is 5.41 Å². The first-order valence-corrected chi connectivity index (χ1v) is 12.8. The fourth-order valence-electron chi connectivity index (χ4n) is 6.98. The summed E-state index contributed by atoms with van der Waals surface area (Å²) in [6, 6.07) is 22.0. The van der Waals surface area contributed by atoms with Crippen molar-refractivity contribution in [1.29, 1.82) is 0 Å². The topological polar surface area (TPSA) is 52.7 Å². The van der Waals surface area contributed by atoms with Crippen molar-refractivity contribution in [2.75, 3.05) is 25.0 Å². The van der Waals surface area contributed by atoms with Gasteiger partial charge in [-0.1, -0.05) is 61.5 Å². The number of carbonyl (C=O) groups is 2. The summed E-state index contributed by atoms with van der Waals surface area (Å²) in [6.07, 6.45) is 2.05. The van der Waals surface area contributed by atoms with E-state index in [4.69, 9.17) is 0 Å². The maximum atomic E-state index is 13.8. The molecular weight excluding hydrogens is 434 g/mol. The highest BCUT2D eigenvalue weighted by molar-refractivity contribution is 6.10. The fraction of sp³-hybridized carbons (Fsp3) is 0.400. The molecule has 6 rings (SSSR count). The largest absolute Gasteiger partial charge is 0.359 e. The number of piperidine rings is 1. The van der Waals surface area contributed by atoms with Crippen LogP contribution in [0.5, 0.6) is 0 Å². The van der Waals surface area contributed by atoms with Gasteiger partial charge in [-0.25, -0.2) is 0 Å². The summed E-state index contributed by atoms with van der Waals surface area (Å²) in [5, 5.41) is 5.47. The quantitative estimate of drug-likeness (QED) is 0.594. The van der Waals surface area contributed by atoms with Gasteiger partial charge < -0.3 is 10.2 Å². The highest BCUT2D eigenvalue weighted by Crippen LogP contribution is 2.50. The lowest BCUT2D eigenvalue weighted by molar-refractivity contribution is -0.129. The van der Waals surface area contributed by atoms with E-state index in [1.165, 1.54) is 21.9 Å². The van der Waals surface area contributed by atoms with Crippen molar-refractivity contribution in [3.05, 3.63) is 77.4 Å². The zero-order valence-corrected chi connectivity index (χ0v) is 20.8. The molecule has 3 aromatic rings. The van der Waals surface area contributed by atoms with Crippen molar-refractivity contribution < 1.29 is 9.59 Å². The van der Waals surface area contributed by atoms with Gasteiger partial charge in [0, 0.05) is 50.2 Å². The molecule has 1 fully saturated rings. The normalized spacial score (nSPS) is 26.4. The van der Waals surface area contributed by atoms with Crippen LogP contribution in [-0.2, 0) is 15.0 Å². The van der Waals surface area contributed by atoms with Crippen molar-refractivity contribution in [2.45, 2.75) is 56.5 Å². The number of anilines is 1. The monoisotopic (exact) mass is 467 g/mol. The third-order valence-electron chi connectivity index (χ3n) is 8.75. The summed E-state index contributed by atoms with van der Waals surface area (Å²) in [7, 11) is 1.63. The van der Waals surface area contributed by atoms with Crippen molar-refractivity contribution in [2.24, 2.45) is 0 Å². The Balaban J connectivity index is 1.25. The molecule has 0 bridgehead atoms. The standard InChI is InChI=1S/C30H33N3O2/c1-19-22-10-6-8-20-9-7-11-23(27(20)22)28(19)32-16-14-21(15-17-32)33-25-13-5-4-12-24(25)30(2,29(33)35)18-26(34)31-3/h4-13,19,21,28H,14-18H2,1-3H3,(H,31,34)/t19?,28-,30?/m1/s1. The number of para-hydroxylation sites is 1. The molecule has 1 aliphatic carbocycles. The van der Waals surface area contributed by atoms with Gasteiger partial charge in [0.15, 0.2) is 0 Å². The van der Waals surface area contributed by atoms with E-state index in [-0.39, 0.29) is 24.3 Å². The van der Waals surface area contributed by atoms with Gasteiger partial charge in [0.2, 0.25) is 11.8 Å². The van der Waals surface area contributed by atoms with Crippen LogP contribution in [0.1, 0.15) is 61.8 Å². The molecule has 3 atom stereocenters. The Kier molecular flexibility index (Phi) is 5.22. The first-order chi connectivity index (χ1) is 16.9. The Hall–Kier alpha value is -3.18. The van der Waals surface area contributed by atoms with E-state index in [0.717, 1.165) is 37.2 Å². The number of hydrogen-bond acceptors (Lipinski definition) is 3. The van der Waals surface area contributed by atoms with Gasteiger partial charge in [-0.2, -0.15) is 0 Å². The number of nitrogens with zero attached hydrogens (tertiary/aromatic N) is 2. The summed E-state index contributed by atoms with van der Waals surface area (Å²) >= 11 is 0. The van der Waals surface area contributed by atoms with Crippen LogP contribution in [0.2, 0.25) is 0 Å². The first kappa shape index (κ1) is 22.3. The molecule has 0 saturated carbocycles. The minimum absolute atomic E-state index is 0.0622. The summed E-state index contributed by atoms with van der Waals surface area (Å²) in [4.78, 5) is 30.8. The Morgan fingerprint density at radius 1 is 1.00 bits per heavy atom. The van der Waals surface area contributed by atoms with Crippen molar-refractivity contribution in [1.82, 2.24) is 10.2 Å². The second-order valence-electron chi connectivity index (χ2n) is 10.7. The maximum Gasteiger partial charge on any atom is 0.238 e. The predicted molar refractivity (Wildman–Crippen MR) is 140 cm³/mol. The highest BCUT2D eigenvalue weighted by Gasteiger charge is 2.51. The molecule has 0 spiro atoms. The molecular formula is C30H33N3O2. The van der Waals surface area contributed by atoms with E-state index in [0.29, 0.717) is 12.0 Å². The number of nitrogens with one attached hydrogen (secondary N) is 1. The third kappa shape index (κ3) is 3.24. The summed E-state index contributed by atoms with van der Waals surface area (Å²) in [6.45, 7) is 6.21. The average molecular weight is 468 g/mol. The molecule has 1 N–H and O–H groups in total. The van der Waals surface area contributed by atoms with Crippen molar-refractivity contribution in [3.63, 3.8) is 0 Å². The lowest BCUT2D eigenvalue weighted by Gasteiger charge is -2.41. The maximum absolute atomic E-state index is 13.8. The SMILES string of the molecule is CNC(=O)CC1(C)C(=O)N(C2CCN([C@H]3c4cccc5cccc(c45)C3C)CC2)c2ccccc21. The van der Waals surface area contributed by atoms with E-state index >= 15 is 0 Å². The Bertz CT molecular complexity index is 1320. The Morgan fingerprint density at radius 2 is 1.69 bits per heavy atom. The second kappa shape index (κ2) is 8.20. The van der Waals surface area contributed by atoms with Gasteiger partial charge >= 0.3 is 0 Å². The molecule has 180 valence electrons. The fourth-order valence-corrected chi connectivity index (χ4v) is 6.98. The van der Waals surface area contributed by atoms with Gasteiger partial charge in [0.05, 0.1) is 5.41 Å². The summed E-state index contributed by atoms with van der Waals surface area (Å²) < 4.78 is 0. The first-order valence-electron chi connectivity index (χ1n) is 12.8. The zero-order valence-electron chi connectivity index (χ0n) is 20.8. The molecule has 3 aliphatic rings. The van der Waals surface area contributed by atoms with Crippen molar-refractivity contribution >= 4 is 28.3 Å². The van der Waals surface area contributed by atoms with Crippen LogP contribution in [0.4, 0.5) is 5.69 Å². The van der Waals surface area contributed by atoms with E-state index in [2.05, 4.69) is 53.5 Å². The van der Waals surface area contributed by atoms with E-state index in [9.17, 15) is 9.59 Å². The number of benzene rings is 3. The molecule has 2 heterocycles. The van der Waals surface area contributed by atoms with Gasteiger partial charge in [0.25, 0.3) is 0 Å². The lowest BCUT2D eigenvalue weighted by atomic mass is 9.80. The minimum atomic E-state index is -0.814. The number of rotatable bonds is 4. The van der Waals surface area contributed by atoms with Crippen LogP contribution >= 0.6 is 0 Å². The van der Waals surface area contributed by atoms with Crippen LogP contribution in [0, 0.1) is 0 Å². The number of likely N-dealkylation sites (tertiary alicyclic amines) is 1. The van der Waals surface area contributed by atoms with Crippen LogP contribution in [-0.4, -0.2) is 42.9 Å². The smallest absolute Gasteiger partial charge is 0.238 e. The van der Waals surface area contributed by atoms with Crippen LogP contribution in [0.3, 0.4) is 0 Å². The number of hydrogen-bond donors (Lipinski definition) is 1. The predicted octanol–water partition coefficient (Wildman–Crippen LogP) is 4.90. The molecule has 0 aromatic heterocycles. The van der Waals surface area contributed by atoms with Crippen molar-refractivity contribution in [3.8, 4) is 0 Å². The van der Waals surface area contributed by atoms with Gasteiger partial charge in [-0.15, -0.1) is 0 Å².